The molecule has 30 heavy (non-hydrogen) atoms. The number of hydrogen-bond donors (Lipinski definition) is 1. The van der Waals surface area contributed by atoms with Crippen molar-refractivity contribution < 1.29 is 17.9 Å². The second-order valence-electron chi connectivity index (χ2n) is 6.84. The quantitative estimate of drug-likeness (QED) is 0.458. The van der Waals surface area contributed by atoms with Crippen LogP contribution in [0.4, 0.5) is 0 Å². The Morgan fingerprint density at radius 3 is 2.30 bits per heavy atom. The van der Waals surface area contributed by atoms with Crippen LogP contribution in [-0.4, -0.2) is 65.4 Å². The minimum absolute atomic E-state index is 0.00270. The highest BCUT2D eigenvalue weighted by Gasteiger charge is 2.21. The molecule has 7 nitrogen and oxygen atoms in total. The van der Waals surface area contributed by atoms with E-state index in [1.54, 1.807) is 44.5 Å². The van der Waals surface area contributed by atoms with E-state index in [4.69, 9.17) is 9.47 Å². The van der Waals surface area contributed by atoms with E-state index in [2.05, 4.69) is 10.3 Å². The summed E-state index contributed by atoms with van der Waals surface area (Å²) in [4.78, 5) is 6.54. The van der Waals surface area contributed by atoms with Crippen LogP contribution < -0.4 is 14.8 Å². The van der Waals surface area contributed by atoms with Crippen molar-refractivity contribution in [3.8, 4) is 11.5 Å². The highest BCUT2D eigenvalue weighted by Crippen LogP contribution is 2.17. The van der Waals surface area contributed by atoms with Gasteiger partial charge in [-0.25, -0.2) is 8.42 Å². The minimum atomic E-state index is -3.38. The molecule has 0 aliphatic rings. The smallest absolute Gasteiger partial charge is 0.193 e. The second kappa shape index (κ2) is 11.4. The zero-order valence-electron chi connectivity index (χ0n) is 18.0. The molecule has 0 saturated heterocycles. The fourth-order valence-electron chi connectivity index (χ4n) is 2.86. The van der Waals surface area contributed by atoms with E-state index in [-0.39, 0.29) is 11.8 Å². The summed E-state index contributed by atoms with van der Waals surface area (Å²) >= 11 is 0. The van der Waals surface area contributed by atoms with E-state index >= 15 is 0 Å². The van der Waals surface area contributed by atoms with Crippen molar-refractivity contribution in [2.24, 2.45) is 4.99 Å². The number of methoxy groups -OCH3 is 1. The summed E-state index contributed by atoms with van der Waals surface area (Å²) in [6.07, 6.45) is 0.654. The largest absolute Gasteiger partial charge is 0.497 e. The average molecular weight is 434 g/mol. The molecule has 0 spiro atoms. The molecule has 0 aliphatic heterocycles. The second-order valence-corrected chi connectivity index (χ2v) is 8.87. The molecule has 1 atom stereocenters. The summed E-state index contributed by atoms with van der Waals surface area (Å²) in [6.45, 7) is 3.01. The predicted molar refractivity (Wildman–Crippen MR) is 120 cm³/mol. The summed E-state index contributed by atoms with van der Waals surface area (Å²) in [5.74, 6) is 2.17. The van der Waals surface area contributed by atoms with Crippen LogP contribution in [0.15, 0.2) is 64.5 Å². The highest BCUT2D eigenvalue weighted by molar-refractivity contribution is 7.91. The molecule has 0 amide bonds. The number of aliphatic imine (C=N–C) groups is 1. The standard InChI is InChI=1S/C22H31N3O4S/c1-5-18(17-30(26,27)21-9-7-6-8-10-21)24-22(23-2)25(3)15-16-29-20-13-11-19(28-4)12-14-20/h6-14,18H,5,15-17H2,1-4H3,(H,23,24). The monoisotopic (exact) mass is 433 g/mol. The Labute approximate surface area is 179 Å². The number of nitrogens with zero attached hydrogens (tertiary/aromatic N) is 2. The maximum atomic E-state index is 12.7. The van der Waals surface area contributed by atoms with Gasteiger partial charge in [0, 0.05) is 20.1 Å². The lowest BCUT2D eigenvalue weighted by Gasteiger charge is -2.26. The van der Waals surface area contributed by atoms with Crippen molar-refractivity contribution >= 4 is 15.8 Å². The molecule has 1 unspecified atom stereocenters. The van der Waals surface area contributed by atoms with Crippen molar-refractivity contribution in [2.75, 3.05) is 40.1 Å². The minimum Gasteiger partial charge on any atom is -0.497 e. The summed E-state index contributed by atoms with van der Waals surface area (Å²) in [6, 6.07) is 15.7. The summed E-state index contributed by atoms with van der Waals surface area (Å²) in [5, 5.41) is 3.27. The lowest BCUT2D eigenvalue weighted by Crippen LogP contribution is -2.47. The summed E-state index contributed by atoms with van der Waals surface area (Å²) < 4.78 is 36.3. The molecule has 0 bridgehead atoms. The van der Waals surface area contributed by atoms with Gasteiger partial charge in [0.15, 0.2) is 15.8 Å². The van der Waals surface area contributed by atoms with E-state index in [1.165, 1.54) is 0 Å². The van der Waals surface area contributed by atoms with Crippen molar-refractivity contribution in [2.45, 2.75) is 24.3 Å². The molecule has 0 radical (unpaired) electrons. The molecule has 2 aromatic rings. The SMILES string of the molecule is CCC(CS(=O)(=O)c1ccccc1)NC(=NC)N(C)CCOc1ccc(OC)cc1. The number of guanidine groups is 1. The van der Waals surface area contributed by atoms with Gasteiger partial charge in [0.1, 0.15) is 18.1 Å². The summed E-state index contributed by atoms with van der Waals surface area (Å²) in [5.41, 5.74) is 0. The van der Waals surface area contributed by atoms with E-state index in [0.29, 0.717) is 30.4 Å². The van der Waals surface area contributed by atoms with E-state index in [9.17, 15) is 8.42 Å². The first kappa shape index (κ1) is 23.5. The topological polar surface area (TPSA) is 80.2 Å². The lowest BCUT2D eigenvalue weighted by molar-refractivity contribution is 0.280. The van der Waals surface area contributed by atoms with Crippen LogP contribution in [-0.2, 0) is 9.84 Å². The van der Waals surface area contributed by atoms with Gasteiger partial charge in [-0.1, -0.05) is 25.1 Å². The first-order valence-corrected chi connectivity index (χ1v) is 11.5. The Balaban J connectivity index is 1.90. The molecule has 1 N–H and O–H groups in total. The number of hydrogen-bond acceptors (Lipinski definition) is 5. The van der Waals surface area contributed by atoms with Crippen molar-refractivity contribution in [1.29, 1.82) is 0 Å². The number of sulfone groups is 1. The zero-order valence-corrected chi connectivity index (χ0v) is 18.9. The Kier molecular flexibility index (Phi) is 8.98. The maximum Gasteiger partial charge on any atom is 0.193 e. The third-order valence-electron chi connectivity index (χ3n) is 4.68. The van der Waals surface area contributed by atoms with E-state index in [0.717, 1.165) is 11.5 Å². The lowest BCUT2D eigenvalue weighted by atomic mass is 10.2. The van der Waals surface area contributed by atoms with Crippen LogP contribution >= 0.6 is 0 Å². The number of benzene rings is 2. The van der Waals surface area contributed by atoms with Crippen LogP contribution in [0.2, 0.25) is 0 Å². The highest BCUT2D eigenvalue weighted by atomic mass is 32.2. The van der Waals surface area contributed by atoms with Gasteiger partial charge in [-0.3, -0.25) is 4.99 Å². The van der Waals surface area contributed by atoms with Gasteiger partial charge in [0.2, 0.25) is 0 Å². The van der Waals surface area contributed by atoms with Crippen LogP contribution in [0.5, 0.6) is 11.5 Å². The Morgan fingerprint density at radius 1 is 1.10 bits per heavy atom. The van der Waals surface area contributed by atoms with Crippen LogP contribution in [0, 0.1) is 0 Å². The molecular formula is C22H31N3O4S. The third kappa shape index (κ3) is 6.95. The molecule has 0 heterocycles. The van der Waals surface area contributed by atoms with Crippen molar-refractivity contribution in [1.82, 2.24) is 10.2 Å². The van der Waals surface area contributed by atoms with Gasteiger partial charge in [0.25, 0.3) is 0 Å². The normalized spacial score (nSPS) is 12.9. The molecule has 0 aliphatic carbocycles. The van der Waals surface area contributed by atoms with Crippen molar-refractivity contribution in [3.05, 3.63) is 54.6 Å². The van der Waals surface area contributed by atoms with Crippen LogP contribution in [0.1, 0.15) is 13.3 Å². The fraction of sp³-hybridized carbons (Fsp3) is 0.409. The van der Waals surface area contributed by atoms with E-state index < -0.39 is 9.84 Å². The van der Waals surface area contributed by atoms with Crippen LogP contribution in [0.25, 0.3) is 0 Å². The Bertz CT molecular complexity index is 900. The van der Waals surface area contributed by atoms with Gasteiger partial charge in [-0.15, -0.1) is 0 Å². The molecule has 0 aromatic heterocycles. The van der Waals surface area contributed by atoms with Gasteiger partial charge < -0.3 is 19.7 Å². The van der Waals surface area contributed by atoms with Gasteiger partial charge in [-0.2, -0.15) is 0 Å². The summed E-state index contributed by atoms with van der Waals surface area (Å²) in [7, 11) is 1.82. The number of likely N-dealkylation sites (N-methyl/N-ethyl adjacent to an activating group) is 1. The molecule has 0 saturated carbocycles. The van der Waals surface area contributed by atoms with Gasteiger partial charge in [-0.05, 0) is 42.8 Å². The molecule has 8 heteroatoms. The van der Waals surface area contributed by atoms with Crippen molar-refractivity contribution in [3.63, 3.8) is 0 Å². The Hall–Kier alpha value is -2.74. The van der Waals surface area contributed by atoms with Crippen LogP contribution in [0.3, 0.4) is 0 Å². The number of ether oxygens (including phenoxy) is 2. The molecule has 2 rings (SSSR count). The molecule has 164 valence electrons. The molecule has 2 aromatic carbocycles. The number of rotatable bonds is 10. The molecule has 0 fully saturated rings. The van der Waals surface area contributed by atoms with Gasteiger partial charge in [0.05, 0.1) is 24.3 Å². The maximum absolute atomic E-state index is 12.7. The Morgan fingerprint density at radius 2 is 1.73 bits per heavy atom. The first-order chi connectivity index (χ1) is 14.4. The first-order valence-electron chi connectivity index (χ1n) is 9.88. The predicted octanol–water partition coefficient (Wildman–Crippen LogP) is 2.83. The zero-order chi connectivity index (χ0) is 22.0. The average Bonchev–Trinajstić information content (AvgIpc) is 2.77. The fourth-order valence-corrected chi connectivity index (χ4v) is 4.47. The third-order valence-corrected chi connectivity index (χ3v) is 6.51. The van der Waals surface area contributed by atoms with Gasteiger partial charge >= 0.3 is 0 Å². The number of nitrogens with one attached hydrogen (secondary N) is 1. The van der Waals surface area contributed by atoms with E-state index in [1.807, 2.05) is 43.1 Å². The molecular weight excluding hydrogens is 402 g/mol.